The van der Waals surface area contributed by atoms with E-state index in [2.05, 4.69) is 37.3 Å². The van der Waals surface area contributed by atoms with Crippen LogP contribution in [0.1, 0.15) is 26.3 Å². The molecule has 1 aliphatic heterocycles. The molecule has 0 aromatic carbocycles. The molecule has 2 atom stereocenters. The van der Waals surface area contributed by atoms with Crippen LogP contribution in [-0.2, 0) is 6.54 Å². The van der Waals surface area contributed by atoms with E-state index >= 15 is 0 Å². The molecule has 4 aromatic heterocycles. The van der Waals surface area contributed by atoms with Gasteiger partial charge in [-0.25, -0.2) is 19.5 Å². The molecule has 4 aromatic rings. The van der Waals surface area contributed by atoms with E-state index in [0.29, 0.717) is 24.0 Å². The van der Waals surface area contributed by atoms with Crippen LogP contribution in [0, 0.1) is 17.2 Å². The molecule has 174 valence electrons. The van der Waals surface area contributed by atoms with Gasteiger partial charge < -0.3 is 15.3 Å². The molecule has 1 aliphatic rings. The minimum absolute atomic E-state index is 0.167. The van der Waals surface area contributed by atoms with Crippen molar-refractivity contribution in [1.82, 2.24) is 34.3 Å². The zero-order valence-corrected chi connectivity index (χ0v) is 19.3. The normalized spacial score (nSPS) is 18.4. The van der Waals surface area contributed by atoms with E-state index in [0.717, 1.165) is 35.7 Å². The minimum Gasteiger partial charge on any atom is -0.389 e. The van der Waals surface area contributed by atoms with Gasteiger partial charge in [0.05, 0.1) is 60.1 Å². The Morgan fingerprint density at radius 1 is 1.18 bits per heavy atom. The average molecular weight is 459 g/mol. The lowest BCUT2D eigenvalue weighted by Crippen LogP contribution is -2.29. The number of hydrogen-bond acceptors (Lipinski definition) is 9. The van der Waals surface area contributed by atoms with E-state index in [4.69, 9.17) is 10.2 Å². The Kier molecular flexibility index (Phi) is 5.37. The van der Waals surface area contributed by atoms with Gasteiger partial charge in [-0.2, -0.15) is 15.5 Å². The van der Waals surface area contributed by atoms with E-state index in [-0.39, 0.29) is 6.04 Å². The summed E-state index contributed by atoms with van der Waals surface area (Å²) in [5.41, 5.74) is 2.84. The van der Waals surface area contributed by atoms with Crippen molar-refractivity contribution in [2.45, 2.75) is 39.0 Å². The van der Waals surface area contributed by atoms with Crippen LogP contribution in [-0.4, -0.2) is 64.2 Å². The Morgan fingerprint density at radius 2 is 1.97 bits per heavy atom. The third-order valence-electron chi connectivity index (χ3n) is 5.84. The minimum atomic E-state index is -0.852. The number of imidazole rings is 1. The van der Waals surface area contributed by atoms with Crippen molar-refractivity contribution >= 4 is 17.3 Å². The molecule has 5 rings (SSSR count). The van der Waals surface area contributed by atoms with E-state index in [1.807, 2.05) is 24.5 Å². The predicted octanol–water partition coefficient (Wildman–Crippen LogP) is 1.96. The number of anilines is 2. The number of hydrogen-bond donors (Lipinski definition) is 2. The third kappa shape index (κ3) is 4.40. The summed E-state index contributed by atoms with van der Waals surface area (Å²) in [6.07, 6.45) is 10.3. The second-order valence-electron chi connectivity index (χ2n) is 9.39. The summed E-state index contributed by atoms with van der Waals surface area (Å²) < 4.78 is 3.47. The maximum Gasteiger partial charge on any atom is 0.225 e. The standard InChI is InChI=1S/C23H26N10O/c1-15-10-31(22-25-7-16(6-24)8-26-22)12-19(15)29-18-4-5-27-33-13-20(30-21(18)33)17-9-28-32(11-17)14-23(2,3)34/h4-5,7-9,11,13,15,19,29,34H,10,12,14H2,1-3H3/t15-,19+/m0/s1. The molecule has 0 bridgehead atoms. The zero-order chi connectivity index (χ0) is 23.9. The highest BCUT2D eigenvalue weighted by molar-refractivity contribution is 5.72. The monoisotopic (exact) mass is 458 g/mol. The number of aromatic nitrogens is 7. The summed E-state index contributed by atoms with van der Waals surface area (Å²) in [5.74, 6) is 0.975. The molecule has 34 heavy (non-hydrogen) atoms. The summed E-state index contributed by atoms with van der Waals surface area (Å²) >= 11 is 0. The first-order valence-corrected chi connectivity index (χ1v) is 11.1. The highest BCUT2D eigenvalue weighted by atomic mass is 16.3. The molecule has 11 heteroatoms. The number of nitrogens with one attached hydrogen (secondary N) is 1. The quantitative estimate of drug-likeness (QED) is 0.445. The van der Waals surface area contributed by atoms with Crippen molar-refractivity contribution in [3.63, 3.8) is 0 Å². The Hall–Kier alpha value is -4.04. The van der Waals surface area contributed by atoms with Crippen LogP contribution in [0.4, 0.5) is 11.6 Å². The maximum atomic E-state index is 10.1. The first-order chi connectivity index (χ1) is 16.3. The first kappa shape index (κ1) is 21.8. The number of fused-ring (bicyclic) bond motifs is 1. The molecule has 0 spiro atoms. The average Bonchev–Trinajstić information content (AvgIpc) is 3.52. The van der Waals surface area contributed by atoms with Crippen LogP contribution in [0.15, 0.2) is 43.2 Å². The Balaban J connectivity index is 1.35. The van der Waals surface area contributed by atoms with Gasteiger partial charge in [0, 0.05) is 30.9 Å². The topological polar surface area (TPSA) is 133 Å². The molecule has 0 aliphatic carbocycles. The molecular weight excluding hydrogens is 432 g/mol. The van der Waals surface area contributed by atoms with E-state index in [1.54, 1.807) is 47.8 Å². The van der Waals surface area contributed by atoms with Crippen LogP contribution in [0.3, 0.4) is 0 Å². The van der Waals surface area contributed by atoms with Gasteiger partial charge in [-0.05, 0) is 25.8 Å². The summed E-state index contributed by atoms with van der Waals surface area (Å²) in [6.45, 7) is 7.63. The molecule has 0 saturated carbocycles. The van der Waals surface area contributed by atoms with E-state index in [1.165, 1.54) is 0 Å². The molecular formula is C23H26N10O. The van der Waals surface area contributed by atoms with Crippen LogP contribution >= 0.6 is 0 Å². The lowest BCUT2D eigenvalue weighted by atomic mass is 10.1. The summed E-state index contributed by atoms with van der Waals surface area (Å²) in [6, 6.07) is 4.14. The SMILES string of the molecule is C[C@H]1CN(c2ncc(C#N)cn2)C[C@H]1Nc1ccnn2cc(-c3cnn(CC(C)(C)O)c3)nc12. The number of nitriles is 1. The van der Waals surface area contributed by atoms with E-state index < -0.39 is 5.60 Å². The Bertz CT molecular complexity index is 1340. The van der Waals surface area contributed by atoms with Crippen molar-refractivity contribution in [3.05, 3.63) is 48.8 Å². The van der Waals surface area contributed by atoms with Crippen LogP contribution in [0.2, 0.25) is 0 Å². The number of rotatable bonds is 6. The molecule has 0 radical (unpaired) electrons. The Morgan fingerprint density at radius 3 is 2.71 bits per heavy atom. The lowest BCUT2D eigenvalue weighted by Gasteiger charge is -2.18. The van der Waals surface area contributed by atoms with Crippen molar-refractivity contribution in [2.75, 3.05) is 23.3 Å². The zero-order valence-electron chi connectivity index (χ0n) is 19.3. The van der Waals surface area contributed by atoms with Gasteiger partial charge in [0.2, 0.25) is 5.95 Å². The molecule has 1 saturated heterocycles. The molecule has 0 amide bonds. The summed E-state index contributed by atoms with van der Waals surface area (Å²) in [5, 5.41) is 31.4. The third-order valence-corrected chi connectivity index (χ3v) is 5.84. The number of aliphatic hydroxyl groups is 1. The highest BCUT2D eigenvalue weighted by Crippen LogP contribution is 2.27. The van der Waals surface area contributed by atoms with Crippen LogP contribution in [0.5, 0.6) is 0 Å². The lowest BCUT2D eigenvalue weighted by molar-refractivity contribution is 0.0577. The van der Waals surface area contributed by atoms with Gasteiger partial charge >= 0.3 is 0 Å². The van der Waals surface area contributed by atoms with Crippen molar-refractivity contribution in [2.24, 2.45) is 5.92 Å². The Labute approximate surface area is 196 Å². The molecule has 11 nitrogen and oxygen atoms in total. The fourth-order valence-corrected chi connectivity index (χ4v) is 4.19. The van der Waals surface area contributed by atoms with Gasteiger partial charge in [0.25, 0.3) is 0 Å². The van der Waals surface area contributed by atoms with Gasteiger partial charge in [-0.1, -0.05) is 6.92 Å². The summed E-state index contributed by atoms with van der Waals surface area (Å²) in [4.78, 5) is 15.6. The predicted molar refractivity (Wildman–Crippen MR) is 126 cm³/mol. The van der Waals surface area contributed by atoms with Crippen molar-refractivity contribution in [3.8, 4) is 17.3 Å². The largest absolute Gasteiger partial charge is 0.389 e. The number of nitrogens with zero attached hydrogens (tertiary/aromatic N) is 9. The van der Waals surface area contributed by atoms with E-state index in [9.17, 15) is 5.11 Å². The van der Waals surface area contributed by atoms with Crippen molar-refractivity contribution < 1.29 is 5.11 Å². The maximum absolute atomic E-state index is 10.1. The first-order valence-electron chi connectivity index (χ1n) is 11.1. The highest BCUT2D eigenvalue weighted by Gasteiger charge is 2.31. The van der Waals surface area contributed by atoms with Gasteiger partial charge in [-0.3, -0.25) is 4.68 Å². The smallest absolute Gasteiger partial charge is 0.225 e. The molecule has 2 N–H and O–H groups in total. The fraction of sp³-hybridized carbons (Fsp3) is 0.391. The fourth-order valence-electron chi connectivity index (χ4n) is 4.19. The second-order valence-corrected chi connectivity index (χ2v) is 9.39. The van der Waals surface area contributed by atoms with Gasteiger partial charge in [0.15, 0.2) is 5.65 Å². The summed E-state index contributed by atoms with van der Waals surface area (Å²) in [7, 11) is 0. The molecule has 5 heterocycles. The van der Waals surface area contributed by atoms with Crippen molar-refractivity contribution in [1.29, 1.82) is 5.26 Å². The molecule has 1 fully saturated rings. The van der Waals surface area contributed by atoms with Gasteiger partial charge in [0.1, 0.15) is 6.07 Å². The van der Waals surface area contributed by atoms with Gasteiger partial charge in [-0.15, -0.1) is 0 Å². The van der Waals surface area contributed by atoms with Crippen LogP contribution < -0.4 is 10.2 Å². The van der Waals surface area contributed by atoms with Crippen LogP contribution in [0.25, 0.3) is 16.9 Å². The second kappa shape index (κ2) is 8.39. The molecule has 0 unspecified atom stereocenters.